The maximum atomic E-state index is 11.3. The number of ether oxygens (including phenoxy) is 1. The monoisotopic (exact) mass is 283 g/mol. The summed E-state index contributed by atoms with van der Waals surface area (Å²) in [5, 5.41) is 0. The molecule has 0 amide bonds. The number of carbonyl (C=O) groups is 1. The molecule has 0 unspecified atom stereocenters. The molecule has 3 nitrogen and oxygen atoms in total. The summed E-state index contributed by atoms with van der Waals surface area (Å²) < 4.78 is 6.10. The molecule has 2 bridgehead atoms. The fraction of sp³-hybridized carbons (Fsp3) is 0.556. The van der Waals surface area contributed by atoms with E-state index in [2.05, 4.69) is 17.0 Å². The summed E-state index contributed by atoms with van der Waals surface area (Å²) in [6.45, 7) is 11.7. The van der Waals surface area contributed by atoms with E-state index in [-0.39, 0.29) is 11.0 Å². The van der Waals surface area contributed by atoms with E-state index in [9.17, 15) is 4.79 Å². The molecule has 1 aromatic rings. The van der Waals surface area contributed by atoms with Gasteiger partial charge < -0.3 is 14.4 Å². The third-order valence-corrected chi connectivity index (χ3v) is 5.34. The Morgan fingerprint density at radius 1 is 1.19 bits per heavy atom. The molecule has 0 N–H and O–H groups in total. The first-order valence-electron chi connectivity index (χ1n) is 7.55. The Hall–Kier alpha value is -1.66. The third-order valence-electron chi connectivity index (χ3n) is 5.34. The highest BCUT2D eigenvalue weighted by Crippen LogP contribution is 2.52. The Morgan fingerprint density at radius 2 is 1.81 bits per heavy atom. The zero-order valence-electron chi connectivity index (χ0n) is 12.7. The second-order valence-corrected chi connectivity index (χ2v) is 7.01. The van der Waals surface area contributed by atoms with Crippen molar-refractivity contribution in [2.24, 2.45) is 5.41 Å². The molecule has 0 atom stereocenters. The van der Waals surface area contributed by atoms with E-state index in [1.165, 1.54) is 5.56 Å². The van der Waals surface area contributed by atoms with Crippen molar-refractivity contribution >= 4 is 6.29 Å². The van der Waals surface area contributed by atoms with Gasteiger partial charge in [-0.15, -0.1) is 0 Å². The molecule has 2 saturated heterocycles. The van der Waals surface area contributed by atoms with Crippen LogP contribution in [0.3, 0.4) is 0 Å². The number of aldehydes is 1. The number of fused-ring (bicyclic) bond motifs is 3. The highest BCUT2D eigenvalue weighted by Gasteiger charge is 2.50. The number of benzene rings is 1. The number of nitrogens with zero attached hydrogens (tertiary/aromatic N) is 1. The van der Waals surface area contributed by atoms with E-state index in [1.54, 1.807) is 0 Å². The minimum atomic E-state index is -0.483. The van der Waals surface area contributed by atoms with Crippen molar-refractivity contribution < 1.29 is 9.53 Å². The van der Waals surface area contributed by atoms with Gasteiger partial charge in [-0.3, -0.25) is 0 Å². The van der Waals surface area contributed by atoms with Crippen molar-refractivity contribution in [1.82, 2.24) is 0 Å². The van der Waals surface area contributed by atoms with Gasteiger partial charge in [0.1, 0.15) is 6.29 Å². The van der Waals surface area contributed by atoms with Crippen LogP contribution in [0.4, 0.5) is 0 Å². The minimum Gasteiger partial charge on any atom is -0.369 e. The molecule has 3 aliphatic rings. The Labute approximate surface area is 126 Å². The van der Waals surface area contributed by atoms with Gasteiger partial charge in [-0.25, -0.2) is 6.57 Å². The molecule has 110 valence electrons. The van der Waals surface area contributed by atoms with Crippen LogP contribution in [0.25, 0.3) is 4.85 Å². The average Bonchev–Trinajstić information content (AvgIpc) is 2.56. The Balaban J connectivity index is 1.86. The first kappa shape index (κ1) is 14.3. The number of carbonyl (C=O) groups excluding carboxylic acids is 1. The first-order chi connectivity index (χ1) is 9.95. The third kappa shape index (κ3) is 2.18. The second-order valence-electron chi connectivity index (χ2n) is 7.01. The van der Waals surface area contributed by atoms with Gasteiger partial charge in [-0.2, -0.15) is 0 Å². The summed E-state index contributed by atoms with van der Waals surface area (Å²) in [7, 11) is 0. The van der Waals surface area contributed by atoms with Gasteiger partial charge in [-0.05, 0) is 31.2 Å². The normalized spacial score (nSPS) is 31.7. The molecule has 2 heterocycles. The molecule has 0 aromatic heterocycles. The SMILES string of the molecule is [C-]#[N+]C(C)(C)c1ccc(C23CCC(C=O)(CC2)CO3)cc1. The van der Waals surface area contributed by atoms with E-state index in [0.29, 0.717) is 6.61 Å². The van der Waals surface area contributed by atoms with E-state index >= 15 is 0 Å². The van der Waals surface area contributed by atoms with Gasteiger partial charge in [0.25, 0.3) is 5.54 Å². The summed E-state index contributed by atoms with van der Waals surface area (Å²) in [5.41, 5.74) is 1.29. The maximum absolute atomic E-state index is 11.3. The van der Waals surface area contributed by atoms with Crippen LogP contribution in [0.2, 0.25) is 0 Å². The molecule has 3 fully saturated rings. The van der Waals surface area contributed by atoms with Crippen LogP contribution in [0.1, 0.15) is 50.7 Å². The molecule has 2 aliphatic heterocycles. The summed E-state index contributed by atoms with van der Waals surface area (Å²) in [5.74, 6) is 0. The molecule has 1 aliphatic carbocycles. The van der Waals surface area contributed by atoms with E-state index in [0.717, 1.165) is 37.5 Å². The van der Waals surface area contributed by atoms with Crippen molar-refractivity contribution in [1.29, 1.82) is 0 Å². The quantitative estimate of drug-likeness (QED) is 0.623. The molecule has 0 radical (unpaired) electrons. The molecular formula is C18H21NO2. The van der Waals surface area contributed by atoms with Gasteiger partial charge in [-0.1, -0.05) is 24.3 Å². The summed E-state index contributed by atoms with van der Waals surface area (Å²) in [6, 6.07) is 8.28. The van der Waals surface area contributed by atoms with Crippen molar-refractivity contribution in [3.05, 3.63) is 46.8 Å². The van der Waals surface area contributed by atoms with Crippen molar-refractivity contribution in [2.75, 3.05) is 6.61 Å². The Kier molecular flexibility index (Phi) is 3.18. The maximum Gasteiger partial charge on any atom is 0.252 e. The van der Waals surface area contributed by atoms with E-state index in [1.807, 2.05) is 26.0 Å². The zero-order chi connectivity index (χ0) is 15.1. The molecule has 1 saturated carbocycles. The number of hydrogen-bond donors (Lipinski definition) is 0. The fourth-order valence-corrected chi connectivity index (χ4v) is 3.49. The fourth-order valence-electron chi connectivity index (χ4n) is 3.49. The van der Waals surface area contributed by atoms with Crippen LogP contribution in [0, 0.1) is 12.0 Å². The van der Waals surface area contributed by atoms with Crippen molar-refractivity contribution in [2.45, 2.75) is 50.7 Å². The smallest absolute Gasteiger partial charge is 0.252 e. The lowest BCUT2D eigenvalue weighted by molar-refractivity contribution is -0.186. The van der Waals surface area contributed by atoms with Crippen molar-refractivity contribution in [3.63, 3.8) is 0 Å². The topological polar surface area (TPSA) is 30.7 Å². The van der Waals surface area contributed by atoms with E-state index in [4.69, 9.17) is 11.3 Å². The van der Waals surface area contributed by atoms with E-state index < -0.39 is 5.54 Å². The molecule has 0 spiro atoms. The molecular weight excluding hydrogens is 262 g/mol. The lowest BCUT2D eigenvalue weighted by atomic mass is 9.65. The predicted octanol–water partition coefficient (Wildman–Crippen LogP) is 3.83. The first-order valence-corrected chi connectivity index (χ1v) is 7.55. The summed E-state index contributed by atoms with van der Waals surface area (Å²) in [6.07, 6.45) is 4.77. The van der Waals surface area contributed by atoms with Crippen LogP contribution in [-0.4, -0.2) is 12.9 Å². The summed E-state index contributed by atoms with van der Waals surface area (Å²) >= 11 is 0. The number of rotatable bonds is 3. The highest BCUT2D eigenvalue weighted by molar-refractivity contribution is 5.60. The van der Waals surface area contributed by atoms with Gasteiger partial charge in [0.2, 0.25) is 0 Å². The van der Waals surface area contributed by atoms with Gasteiger partial charge in [0.05, 0.1) is 12.2 Å². The highest BCUT2D eigenvalue weighted by atomic mass is 16.5. The largest absolute Gasteiger partial charge is 0.369 e. The van der Waals surface area contributed by atoms with Crippen LogP contribution < -0.4 is 0 Å². The van der Waals surface area contributed by atoms with Crippen LogP contribution in [0.5, 0.6) is 0 Å². The van der Waals surface area contributed by atoms with Crippen LogP contribution >= 0.6 is 0 Å². The predicted molar refractivity (Wildman–Crippen MR) is 80.7 cm³/mol. The van der Waals surface area contributed by atoms with Gasteiger partial charge in [0, 0.05) is 24.8 Å². The second kappa shape index (κ2) is 4.68. The Bertz CT molecular complexity index is 570. The summed E-state index contributed by atoms with van der Waals surface area (Å²) in [4.78, 5) is 14.9. The van der Waals surface area contributed by atoms with Gasteiger partial charge in [0.15, 0.2) is 0 Å². The lowest BCUT2D eigenvalue weighted by Gasteiger charge is -2.51. The zero-order valence-corrected chi connectivity index (χ0v) is 12.7. The average molecular weight is 283 g/mol. The Morgan fingerprint density at radius 3 is 2.24 bits per heavy atom. The molecule has 3 heteroatoms. The lowest BCUT2D eigenvalue weighted by Crippen LogP contribution is -2.49. The standard InChI is InChI=1S/C18H21NO2/c1-16(2,19-3)14-4-6-15(7-5-14)18-10-8-17(12-20,9-11-18)13-21-18/h4-7,12H,8-11,13H2,1-2H3. The number of hydrogen-bond acceptors (Lipinski definition) is 2. The van der Waals surface area contributed by atoms with Crippen LogP contribution in [-0.2, 0) is 20.7 Å². The van der Waals surface area contributed by atoms with Gasteiger partial charge >= 0.3 is 0 Å². The van der Waals surface area contributed by atoms with Crippen LogP contribution in [0.15, 0.2) is 24.3 Å². The molecule has 4 rings (SSSR count). The van der Waals surface area contributed by atoms with Crippen molar-refractivity contribution in [3.8, 4) is 0 Å². The minimum absolute atomic E-state index is 0.217. The molecule has 21 heavy (non-hydrogen) atoms. The molecule has 1 aromatic carbocycles.